The number of carbonyl (C=O) groups is 1. The molecule has 1 unspecified atom stereocenters. The van der Waals surface area contributed by atoms with Gasteiger partial charge in [0, 0.05) is 56.2 Å². The van der Waals surface area contributed by atoms with Gasteiger partial charge in [0.15, 0.2) is 0 Å². The second kappa shape index (κ2) is 11.1. The Morgan fingerprint density at radius 1 is 0.971 bits per heavy atom. The fourth-order valence-corrected chi connectivity index (χ4v) is 4.27. The lowest BCUT2D eigenvalue weighted by molar-refractivity contribution is -0.121. The lowest BCUT2D eigenvalue weighted by Crippen LogP contribution is -2.27. The molecular weight excluding hydrogens is 434 g/mol. The molecule has 4 nitrogen and oxygen atoms in total. The largest absolute Gasteiger partial charge is 0.385 e. The van der Waals surface area contributed by atoms with Gasteiger partial charge in [-0.05, 0) is 53.4 Å². The van der Waals surface area contributed by atoms with Crippen molar-refractivity contribution in [2.45, 2.75) is 25.3 Å². The van der Waals surface area contributed by atoms with Crippen LogP contribution in [-0.4, -0.2) is 30.7 Å². The van der Waals surface area contributed by atoms with Gasteiger partial charge in [-0.2, -0.15) is 0 Å². The Morgan fingerprint density at radius 2 is 1.65 bits per heavy atom. The zero-order valence-electron chi connectivity index (χ0n) is 19.1. The van der Waals surface area contributed by atoms with Crippen LogP contribution in [0.4, 0.5) is 8.78 Å². The number of hydrogen-bond acceptors (Lipinski definition) is 2. The molecule has 0 saturated carbocycles. The number of fused-ring (bicyclic) bond motifs is 1. The van der Waals surface area contributed by atoms with Crippen molar-refractivity contribution in [1.29, 1.82) is 0 Å². The highest BCUT2D eigenvalue weighted by Crippen LogP contribution is 2.35. The summed E-state index contributed by atoms with van der Waals surface area (Å²) < 4.78 is 34.2. The van der Waals surface area contributed by atoms with Crippen molar-refractivity contribution in [3.63, 3.8) is 0 Å². The third-order valence-electron chi connectivity index (χ3n) is 5.97. The molecule has 0 radical (unpaired) electrons. The number of aromatic nitrogens is 1. The Kier molecular flexibility index (Phi) is 7.70. The molecule has 1 amide bonds. The van der Waals surface area contributed by atoms with E-state index in [2.05, 4.69) is 16.1 Å². The monoisotopic (exact) mass is 462 g/mol. The number of hydrogen-bond donors (Lipinski definition) is 1. The molecule has 0 fully saturated rings. The molecular formula is C28H28F2N2O2. The van der Waals surface area contributed by atoms with Gasteiger partial charge in [-0.25, -0.2) is 8.78 Å². The van der Waals surface area contributed by atoms with Crippen LogP contribution in [0.25, 0.3) is 10.9 Å². The maximum Gasteiger partial charge on any atom is 0.220 e. The standard InChI is InChI=1S/C28H28F2N2O2/c1-34-16-4-15-31-28(33)17-25(21-9-13-23(30)14-10-21)26-19-32(27-6-3-2-5-24(26)27)18-20-7-11-22(29)12-8-20/h2-3,5-14,19,25H,4,15-18H2,1H3,(H,31,33). The van der Waals surface area contributed by atoms with Crippen molar-refractivity contribution in [2.24, 2.45) is 0 Å². The molecule has 0 aliphatic rings. The third-order valence-corrected chi connectivity index (χ3v) is 5.97. The molecule has 0 saturated heterocycles. The lowest BCUT2D eigenvalue weighted by atomic mass is 9.88. The van der Waals surface area contributed by atoms with E-state index >= 15 is 0 Å². The molecule has 3 aromatic carbocycles. The minimum atomic E-state index is -0.315. The maximum absolute atomic E-state index is 13.7. The molecule has 6 heteroatoms. The van der Waals surface area contributed by atoms with Crippen molar-refractivity contribution in [1.82, 2.24) is 9.88 Å². The summed E-state index contributed by atoms with van der Waals surface area (Å²) in [7, 11) is 1.63. The van der Waals surface area contributed by atoms with E-state index in [1.807, 2.05) is 24.3 Å². The molecule has 0 aliphatic heterocycles. The molecule has 1 atom stereocenters. The van der Waals surface area contributed by atoms with Crippen LogP contribution in [0.15, 0.2) is 79.0 Å². The Hall–Kier alpha value is -3.51. The molecule has 176 valence electrons. The minimum Gasteiger partial charge on any atom is -0.385 e. The molecule has 1 N–H and O–H groups in total. The summed E-state index contributed by atoms with van der Waals surface area (Å²) in [4.78, 5) is 12.8. The Balaban J connectivity index is 1.69. The lowest BCUT2D eigenvalue weighted by Gasteiger charge is -2.17. The zero-order valence-corrected chi connectivity index (χ0v) is 19.1. The van der Waals surface area contributed by atoms with Gasteiger partial charge in [-0.15, -0.1) is 0 Å². The summed E-state index contributed by atoms with van der Waals surface area (Å²) in [5.74, 6) is -0.900. The number of methoxy groups -OCH3 is 1. The van der Waals surface area contributed by atoms with E-state index < -0.39 is 0 Å². The minimum absolute atomic E-state index is 0.0687. The number of benzene rings is 3. The summed E-state index contributed by atoms with van der Waals surface area (Å²) >= 11 is 0. The SMILES string of the molecule is COCCCNC(=O)CC(c1ccc(F)cc1)c1cn(Cc2ccc(F)cc2)c2ccccc12. The topological polar surface area (TPSA) is 43.3 Å². The average Bonchev–Trinajstić information content (AvgIpc) is 3.20. The van der Waals surface area contributed by atoms with E-state index in [0.29, 0.717) is 19.7 Å². The van der Waals surface area contributed by atoms with Crippen molar-refractivity contribution in [3.8, 4) is 0 Å². The van der Waals surface area contributed by atoms with Crippen molar-refractivity contribution in [3.05, 3.63) is 107 Å². The van der Waals surface area contributed by atoms with Gasteiger partial charge in [-0.1, -0.05) is 42.5 Å². The Labute approximate surface area is 198 Å². The van der Waals surface area contributed by atoms with Crippen LogP contribution in [0, 0.1) is 11.6 Å². The first-order chi connectivity index (χ1) is 16.5. The summed E-state index contributed by atoms with van der Waals surface area (Å²) in [5, 5.41) is 4.00. The fraction of sp³-hybridized carbons (Fsp3) is 0.250. The first kappa shape index (κ1) is 23.6. The van der Waals surface area contributed by atoms with Crippen LogP contribution in [0.3, 0.4) is 0 Å². The summed E-state index contributed by atoms with van der Waals surface area (Å²) in [6.45, 7) is 1.69. The summed E-state index contributed by atoms with van der Waals surface area (Å²) in [6.07, 6.45) is 3.03. The first-order valence-corrected chi connectivity index (χ1v) is 11.4. The predicted molar refractivity (Wildman–Crippen MR) is 130 cm³/mol. The average molecular weight is 463 g/mol. The predicted octanol–water partition coefficient (Wildman–Crippen LogP) is 5.64. The number of amides is 1. The molecule has 34 heavy (non-hydrogen) atoms. The van der Waals surface area contributed by atoms with E-state index in [9.17, 15) is 13.6 Å². The molecule has 0 spiro atoms. The molecule has 0 bridgehead atoms. The summed E-state index contributed by atoms with van der Waals surface area (Å²) in [5.41, 5.74) is 3.87. The number of para-hydroxylation sites is 1. The molecule has 0 aliphatic carbocycles. The van der Waals surface area contributed by atoms with E-state index in [1.165, 1.54) is 24.3 Å². The van der Waals surface area contributed by atoms with Crippen LogP contribution < -0.4 is 5.32 Å². The Bertz CT molecular complexity index is 1230. The molecule has 4 aromatic rings. The number of halogens is 2. The van der Waals surface area contributed by atoms with Gasteiger partial charge in [0.25, 0.3) is 0 Å². The van der Waals surface area contributed by atoms with E-state index in [1.54, 1.807) is 31.4 Å². The number of rotatable bonds is 10. The van der Waals surface area contributed by atoms with Crippen LogP contribution in [0.5, 0.6) is 0 Å². The molecule has 4 rings (SSSR count). The fourth-order valence-electron chi connectivity index (χ4n) is 4.27. The maximum atomic E-state index is 13.7. The highest BCUT2D eigenvalue weighted by atomic mass is 19.1. The van der Waals surface area contributed by atoms with Gasteiger partial charge < -0.3 is 14.6 Å². The normalized spacial score (nSPS) is 12.1. The van der Waals surface area contributed by atoms with Crippen molar-refractivity contribution < 1.29 is 18.3 Å². The highest BCUT2D eigenvalue weighted by Gasteiger charge is 2.23. The van der Waals surface area contributed by atoms with Gasteiger partial charge in [0.05, 0.1) is 0 Å². The number of nitrogens with zero attached hydrogens (tertiary/aromatic N) is 1. The molecule has 1 aromatic heterocycles. The van der Waals surface area contributed by atoms with Gasteiger partial charge >= 0.3 is 0 Å². The van der Waals surface area contributed by atoms with E-state index in [-0.39, 0.29) is 29.9 Å². The number of ether oxygens (including phenoxy) is 1. The zero-order chi connectivity index (χ0) is 23.9. The van der Waals surface area contributed by atoms with Crippen molar-refractivity contribution in [2.75, 3.05) is 20.3 Å². The van der Waals surface area contributed by atoms with Crippen molar-refractivity contribution >= 4 is 16.8 Å². The van der Waals surface area contributed by atoms with Gasteiger partial charge in [0.1, 0.15) is 11.6 Å². The third kappa shape index (κ3) is 5.69. The molecule has 1 heterocycles. The first-order valence-electron chi connectivity index (χ1n) is 11.4. The van der Waals surface area contributed by atoms with E-state index in [4.69, 9.17) is 4.74 Å². The second-order valence-corrected chi connectivity index (χ2v) is 8.36. The number of carbonyl (C=O) groups excluding carboxylic acids is 1. The smallest absolute Gasteiger partial charge is 0.220 e. The quantitative estimate of drug-likeness (QED) is 0.310. The van der Waals surface area contributed by atoms with Crippen LogP contribution in [-0.2, 0) is 16.1 Å². The van der Waals surface area contributed by atoms with Crippen LogP contribution in [0.2, 0.25) is 0 Å². The Morgan fingerprint density at radius 3 is 2.35 bits per heavy atom. The van der Waals surface area contributed by atoms with E-state index in [0.717, 1.165) is 34.0 Å². The summed E-state index contributed by atoms with van der Waals surface area (Å²) in [6, 6.07) is 20.8. The van der Waals surface area contributed by atoms with Gasteiger partial charge in [-0.3, -0.25) is 4.79 Å². The number of nitrogens with one attached hydrogen (secondary N) is 1. The van der Waals surface area contributed by atoms with Gasteiger partial charge in [0.2, 0.25) is 5.91 Å². The second-order valence-electron chi connectivity index (χ2n) is 8.36. The van der Waals surface area contributed by atoms with Crippen LogP contribution >= 0.6 is 0 Å². The van der Waals surface area contributed by atoms with Crippen LogP contribution in [0.1, 0.15) is 35.4 Å². The highest BCUT2D eigenvalue weighted by molar-refractivity contribution is 5.86.